The number of amides is 2. The molecule has 0 atom stereocenters. The summed E-state index contributed by atoms with van der Waals surface area (Å²) in [6, 6.07) is 14.8. The zero-order chi connectivity index (χ0) is 19.6. The Hall–Kier alpha value is -3.15. The van der Waals surface area contributed by atoms with Crippen molar-refractivity contribution in [1.29, 1.82) is 0 Å². The molecule has 0 saturated heterocycles. The second-order valence-corrected chi connectivity index (χ2v) is 6.37. The number of imide groups is 1. The summed E-state index contributed by atoms with van der Waals surface area (Å²) in [7, 11) is 0. The number of esters is 1. The predicted octanol–water partition coefficient (Wildman–Crippen LogP) is 3.22. The lowest BCUT2D eigenvalue weighted by atomic mass is 10.1. The normalized spacial score (nSPS) is 10.3. The van der Waals surface area contributed by atoms with Crippen molar-refractivity contribution in [2.24, 2.45) is 5.92 Å². The molecule has 2 amide bonds. The third-order valence-corrected chi connectivity index (χ3v) is 3.68. The molecule has 0 radical (unpaired) electrons. The molecule has 27 heavy (non-hydrogen) atoms. The fraction of sp³-hybridized carbons (Fsp3) is 0.286. The molecule has 0 bridgehead atoms. The number of benzene rings is 2. The van der Waals surface area contributed by atoms with Gasteiger partial charge in [0.25, 0.3) is 11.8 Å². The van der Waals surface area contributed by atoms with Gasteiger partial charge < -0.3 is 9.47 Å². The minimum Gasteiger partial charge on any atom is -0.494 e. The topological polar surface area (TPSA) is 81.7 Å². The van der Waals surface area contributed by atoms with Crippen LogP contribution in [-0.4, -0.2) is 31.0 Å². The molecule has 142 valence electrons. The summed E-state index contributed by atoms with van der Waals surface area (Å²) in [5, 5.41) is 2.17. The fourth-order valence-electron chi connectivity index (χ4n) is 2.14. The number of hydrogen-bond donors (Lipinski definition) is 1. The molecule has 0 unspecified atom stereocenters. The van der Waals surface area contributed by atoms with Crippen LogP contribution in [0.15, 0.2) is 54.6 Å². The lowest BCUT2D eigenvalue weighted by Crippen LogP contribution is -2.34. The molecule has 2 aromatic carbocycles. The largest absolute Gasteiger partial charge is 0.494 e. The van der Waals surface area contributed by atoms with Crippen molar-refractivity contribution in [3.8, 4) is 5.75 Å². The maximum Gasteiger partial charge on any atom is 0.338 e. The molecule has 0 aliphatic heterocycles. The van der Waals surface area contributed by atoms with Crippen LogP contribution < -0.4 is 10.1 Å². The molecule has 0 heterocycles. The number of rotatable bonds is 8. The van der Waals surface area contributed by atoms with E-state index in [1.807, 2.05) is 0 Å². The summed E-state index contributed by atoms with van der Waals surface area (Å²) in [6.07, 6.45) is 0.945. The van der Waals surface area contributed by atoms with Gasteiger partial charge in [-0.15, -0.1) is 0 Å². The van der Waals surface area contributed by atoms with Gasteiger partial charge in [-0.2, -0.15) is 0 Å². The molecule has 6 nitrogen and oxygen atoms in total. The van der Waals surface area contributed by atoms with Crippen LogP contribution in [0.5, 0.6) is 5.75 Å². The Balaban J connectivity index is 1.77. The number of carbonyl (C=O) groups excluding carboxylic acids is 3. The molecule has 1 N–H and O–H groups in total. The third-order valence-electron chi connectivity index (χ3n) is 3.68. The van der Waals surface area contributed by atoms with Gasteiger partial charge in [-0.1, -0.05) is 32.0 Å². The Labute approximate surface area is 158 Å². The number of ether oxygens (including phenoxy) is 2. The quantitative estimate of drug-likeness (QED) is 0.723. The average Bonchev–Trinajstić information content (AvgIpc) is 2.67. The molecule has 0 aliphatic rings. The predicted molar refractivity (Wildman–Crippen MR) is 101 cm³/mol. The van der Waals surface area contributed by atoms with Gasteiger partial charge in [-0.3, -0.25) is 14.9 Å². The van der Waals surface area contributed by atoms with E-state index >= 15 is 0 Å². The highest BCUT2D eigenvalue weighted by Crippen LogP contribution is 2.14. The highest BCUT2D eigenvalue weighted by atomic mass is 16.5. The minimum absolute atomic E-state index is 0.299. The van der Waals surface area contributed by atoms with Crippen molar-refractivity contribution >= 4 is 17.8 Å². The van der Waals surface area contributed by atoms with E-state index in [4.69, 9.17) is 9.47 Å². The van der Waals surface area contributed by atoms with Gasteiger partial charge in [0.05, 0.1) is 12.2 Å². The standard InChI is InChI=1S/C21H23NO5/c1-15(2)12-13-26-18-10-8-17(9-11-18)21(25)27-14-19(23)22-20(24)16-6-4-3-5-7-16/h3-11,15H,12-14H2,1-2H3,(H,22,23,24). The van der Waals surface area contributed by atoms with Crippen molar-refractivity contribution in [1.82, 2.24) is 5.32 Å². The van der Waals surface area contributed by atoms with Crippen molar-refractivity contribution in [2.75, 3.05) is 13.2 Å². The summed E-state index contributed by atoms with van der Waals surface area (Å²) >= 11 is 0. The Bertz CT molecular complexity index is 769. The zero-order valence-corrected chi connectivity index (χ0v) is 15.4. The summed E-state index contributed by atoms with van der Waals surface area (Å²) in [4.78, 5) is 35.6. The summed E-state index contributed by atoms with van der Waals surface area (Å²) < 4.78 is 10.5. The lowest BCUT2D eigenvalue weighted by molar-refractivity contribution is -0.123. The van der Waals surface area contributed by atoms with E-state index < -0.39 is 24.4 Å². The molecule has 0 aromatic heterocycles. The second kappa shape index (κ2) is 10.1. The van der Waals surface area contributed by atoms with Gasteiger partial charge >= 0.3 is 5.97 Å². The number of carbonyl (C=O) groups is 3. The first-order chi connectivity index (χ1) is 13.0. The van der Waals surface area contributed by atoms with Gasteiger partial charge in [0.1, 0.15) is 5.75 Å². The van der Waals surface area contributed by atoms with Gasteiger partial charge in [-0.25, -0.2) is 4.79 Å². The van der Waals surface area contributed by atoms with Crippen LogP contribution in [0.4, 0.5) is 0 Å². The Morgan fingerprint density at radius 1 is 0.926 bits per heavy atom. The van der Waals surface area contributed by atoms with Gasteiger partial charge in [-0.05, 0) is 48.7 Å². The van der Waals surface area contributed by atoms with Crippen LogP contribution in [-0.2, 0) is 9.53 Å². The van der Waals surface area contributed by atoms with Crippen LogP contribution in [0.1, 0.15) is 41.0 Å². The summed E-state index contributed by atoms with van der Waals surface area (Å²) in [6.45, 7) is 4.30. The first-order valence-corrected chi connectivity index (χ1v) is 8.75. The van der Waals surface area contributed by atoms with E-state index in [1.165, 1.54) is 0 Å². The van der Waals surface area contributed by atoms with Crippen LogP contribution in [0.25, 0.3) is 0 Å². The van der Waals surface area contributed by atoms with Crippen molar-refractivity contribution in [2.45, 2.75) is 20.3 Å². The highest BCUT2D eigenvalue weighted by molar-refractivity contribution is 6.05. The first-order valence-electron chi connectivity index (χ1n) is 8.75. The SMILES string of the molecule is CC(C)CCOc1ccc(C(=O)OCC(=O)NC(=O)c2ccccc2)cc1. The molecular weight excluding hydrogens is 346 g/mol. The first kappa shape index (κ1) is 20.2. The number of hydrogen-bond acceptors (Lipinski definition) is 5. The van der Waals surface area contributed by atoms with E-state index in [1.54, 1.807) is 54.6 Å². The maximum absolute atomic E-state index is 12.0. The average molecular weight is 369 g/mol. The van der Waals surface area contributed by atoms with Crippen molar-refractivity contribution < 1.29 is 23.9 Å². The highest BCUT2D eigenvalue weighted by Gasteiger charge is 2.13. The van der Waals surface area contributed by atoms with E-state index in [0.717, 1.165) is 6.42 Å². The maximum atomic E-state index is 12.0. The van der Waals surface area contributed by atoms with Gasteiger partial charge in [0, 0.05) is 5.56 Å². The minimum atomic E-state index is -0.689. The van der Waals surface area contributed by atoms with Gasteiger partial charge in [0.2, 0.25) is 0 Å². The molecule has 6 heteroatoms. The molecule has 0 spiro atoms. The van der Waals surface area contributed by atoms with Gasteiger partial charge in [0.15, 0.2) is 6.61 Å². The molecular formula is C21H23NO5. The Morgan fingerprint density at radius 3 is 2.22 bits per heavy atom. The van der Waals surface area contributed by atoms with Crippen LogP contribution >= 0.6 is 0 Å². The molecule has 0 aliphatic carbocycles. The van der Waals surface area contributed by atoms with Crippen molar-refractivity contribution in [3.05, 3.63) is 65.7 Å². The second-order valence-electron chi connectivity index (χ2n) is 6.37. The summed E-state index contributed by atoms with van der Waals surface area (Å²) in [5.74, 6) is -0.658. The lowest BCUT2D eigenvalue weighted by Gasteiger charge is -2.09. The molecule has 0 fully saturated rings. The smallest absolute Gasteiger partial charge is 0.338 e. The summed E-state index contributed by atoms with van der Waals surface area (Å²) in [5.41, 5.74) is 0.652. The zero-order valence-electron chi connectivity index (χ0n) is 15.4. The van der Waals surface area contributed by atoms with E-state index in [2.05, 4.69) is 19.2 Å². The Kier molecular flexibility index (Phi) is 7.55. The number of nitrogens with one attached hydrogen (secondary N) is 1. The van der Waals surface area contributed by atoms with Crippen LogP contribution in [0.2, 0.25) is 0 Å². The van der Waals surface area contributed by atoms with E-state index in [0.29, 0.717) is 29.4 Å². The molecule has 2 aromatic rings. The van der Waals surface area contributed by atoms with Crippen molar-refractivity contribution in [3.63, 3.8) is 0 Å². The Morgan fingerprint density at radius 2 is 1.59 bits per heavy atom. The van der Waals surface area contributed by atoms with E-state index in [9.17, 15) is 14.4 Å². The fourth-order valence-corrected chi connectivity index (χ4v) is 2.14. The monoisotopic (exact) mass is 369 g/mol. The van der Waals surface area contributed by atoms with E-state index in [-0.39, 0.29) is 0 Å². The molecule has 2 rings (SSSR count). The third kappa shape index (κ3) is 6.93. The van der Waals surface area contributed by atoms with Crippen LogP contribution in [0, 0.1) is 5.92 Å². The van der Waals surface area contributed by atoms with Crippen LogP contribution in [0.3, 0.4) is 0 Å². The molecule has 0 saturated carbocycles.